The Labute approximate surface area is 74.3 Å². The van der Waals surface area contributed by atoms with E-state index in [-0.39, 0.29) is 11.4 Å². The number of carbonyl (C=O) groups is 1. The predicted molar refractivity (Wildman–Crippen MR) is 48.1 cm³/mol. The molecule has 12 heavy (non-hydrogen) atoms. The van der Waals surface area contributed by atoms with E-state index in [2.05, 4.69) is 6.92 Å². The highest BCUT2D eigenvalue weighted by molar-refractivity contribution is 5.89. The second-order valence-electron chi connectivity index (χ2n) is 4.09. The molecular formula is C10H18O2. The summed E-state index contributed by atoms with van der Waals surface area (Å²) in [5, 5.41) is 0. The summed E-state index contributed by atoms with van der Waals surface area (Å²) in [7, 11) is 0. The molecule has 0 aliphatic carbocycles. The van der Waals surface area contributed by atoms with E-state index in [4.69, 9.17) is 4.74 Å². The molecule has 2 nitrogen and oxygen atoms in total. The van der Waals surface area contributed by atoms with Crippen LogP contribution in [-0.2, 0) is 9.53 Å². The van der Waals surface area contributed by atoms with Gasteiger partial charge in [0.1, 0.15) is 5.60 Å². The van der Waals surface area contributed by atoms with Crippen molar-refractivity contribution in [3.8, 4) is 0 Å². The van der Waals surface area contributed by atoms with Crippen molar-refractivity contribution in [3.05, 3.63) is 0 Å². The van der Waals surface area contributed by atoms with E-state index >= 15 is 0 Å². The first-order valence-electron chi connectivity index (χ1n) is 4.69. The molecule has 0 N–H and O–H groups in total. The highest BCUT2D eigenvalue weighted by atomic mass is 16.5. The van der Waals surface area contributed by atoms with Crippen molar-refractivity contribution < 1.29 is 9.53 Å². The lowest BCUT2D eigenvalue weighted by molar-refractivity contribution is -0.136. The molecule has 2 atom stereocenters. The van der Waals surface area contributed by atoms with Gasteiger partial charge in [-0.25, -0.2) is 0 Å². The van der Waals surface area contributed by atoms with E-state index < -0.39 is 5.60 Å². The molecule has 1 saturated heterocycles. The Kier molecular flexibility index (Phi) is 2.30. The van der Waals surface area contributed by atoms with Crippen molar-refractivity contribution in [1.29, 1.82) is 0 Å². The van der Waals surface area contributed by atoms with E-state index in [9.17, 15) is 4.79 Å². The molecule has 1 aliphatic rings. The molecule has 0 spiro atoms. The molecule has 0 aromatic carbocycles. The Morgan fingerprint density at radius 1 is 1.33 bits per heavy atom. The summed E-state index contributed by atoms with van der Waals surface area (Å²) in [5.74, 6) is 0.259. The first-order valence-corrected chi connectivity index (χ1v) is 4.69. The van der Waals surface area contributed by atoms with Crippen LogP contribution in [0.5, 0.6) is 0 Å². The number of hydrogen-bond donors (Lipinski definition) is 0. The maximum atomic E-state index is 11.6. The molecule has 1 heterocycles. The molecule has 0 unspecified atom stereocenters. The van der Waals surface area contributed by atoms with Crippen LogP contribution in [0.25, 0.3) is 0 Å². The van der Waals surface area contributed by atoms with Crippen molar-refractivity contribution in [2.45, 2.75) is 58.2 Å². The van der Waals surface area contributed by atoms with Gasteiger partial charge in [-0.05, 0) is 26.7 Å². The third-order valence-electron chi connectivity index (χ3n) is 3.02. The fraction of sp³-hybridized carbons (Fsp3) is 0.900. The summed E-state index contributed by atoms with van der Waals surface area (Å²) >= 11 is 0. The van der Waals surface area contributed by atoms with Crippen LogP contribution in [0.3, 0.4) is 0 Å². The monoisotopic (exact) mass is 170 g/mol. The van der Waals surface area contributed by atoms with E-state index in [0.717, 1.165) is 12.8 Å². The van der Waals surface area contributed by atoms with Crippen molar-refractivity contribution in [2.24, 2.45) is 0 Å². The Balaban J connectivity index is 2.81. The number of ketones is 1. The summed E-state index contributed by atoms with van der Waals surface area (Å²) in [6.07, 6.45) is 2.27. The minimum Gasteiger partial charge on any atom is -0.361 e. The van der Waals surface area contributed by atoms with Crippen LogP contribution in [0.1, 0.15) is 47.0 Å². The average molecular weight is 170 g/mol. The number of Topliss-reactive ketones (excluding diaryl/α,β-unsaturated/α-hetero) is 1. The molecule has 1 aliphatic heterocycles. The second-order valence-corrected chi connectivity index (χ2v) is 4.09. The molecule has 2 heteroatoms. The predicted octanol–water partition coefficient (Wildman–Crippen LogP) is 2.31. The van der Waals surface area contributed by atoms with Gasteiger partial charge in [0, 0.05) is 6.42 Å². The summed E-state index contributed by atoms with van der Waals surface area (Å²) in [4.78, 5) is 11.6. The third-order valence-corrected chi connectivity index (χ3v) is 3.02. The quantitative estimate of drug-likeness (QED) is 0.635. The molecule has 0 aromatic heterocycles. The fourth-order valence-electron chi connectivity index (χ4n) is 1.63. The topological polar surface area (TPSA) is 26.3 Å². The molecule has 70 valence electrons. The van der Waals surface area contributed by atoms with E-state index in [1.807, 2.05) is 20.8 Å². The van der Waals surface area contributed by atoms with Crippen LogP contribution in [-0.4, -0.2) is 17.0 Å². The van der Waals surface area contributed by atoms with Gasteiger partial charge in [-0.15, -0.1) is 0 Å². The van der Waals surface area contributed by atoms with Crippen molar-refractivity contribution in [3.63, 3.8) is 0 Å². The minimum atomic E-state index is -0.509. The molecule has 1 rings (SSSR count). The Bertz CT molecular complexity index is 200. The van der Waals surface area contributed by atoms with Crippen LogP contribution in [0, 0.1) is 0 Å². The molecule has 0 amide bonds. The number of hydrogen-bond acceptors (Lipinski definition) is 2. The summed E-state index contributed by atoms with van der Waals surface area (Å²) in [6.45, 7) is 7.98. The molecule has 0 aromatic rings. The first-order chi connectivity index (χ1) is 5.46. The zero-order valence-electron chi connectivity index (χ0n) is 8.44. The van der Waals surface area contributed by atoms with Crippen LogP contribution >= 0.6 is 0 Å². The first kappa shape index (κ1) is 9.72. The molecule has 1 fully saturated rings. The van der Waals surface area contributed by atoms with Crippen LogP contribution in [0.15, 0.2) is 0 Å². The van der Waals surface area contributed by atoms with E-state index in [1.54, 1.807) is 0 Å². The molecule has 0 bridgehead atoms. The van der Waals surface area contributed by atoms with Crippen molar-refractivity contribution >= 4 is 5.78 Å². The van der Waals surface area contributed by atoms with Crippen LogP contribution < -0.4 is 0 Å². The van der Waals surface area contributed by atoms with Gasteiger partial charge in [0.25, 0.3) is 0 Å². The Morgan fingerprint density at radius 2 is 1.92 bits per heavy atom. The Morgan fingerprint density at radius 3 is 2.17 bits per heavy atom. The maximum Gasteiger partial charge on any atom is 0.167 e. The minimum absolute atomic E-state index is 0.207. The van der Waals surface area contributed by atoms with Crippen molar-refractivity contribution in [1.82, 2.24) is 0 Å². The highest BCUT2D eigenvalue weighted by Gasteiger charge is 2.48. The van der Waals surface area contributed by atoms with E-state index in [0.29, 0.717) is 6.42 Å². The maximum absolute atomic E-state index is 11.6. The number of rotatable bonds is 2. The fourth-order valence-corrected chi connectivity index (χ4v) is 1.63. The molecule has 0 radical (unpaired) electrons. The number of ether oxygens (including phenoxy) is 1. The van der Waals surface area contributed by atoms with Gasteiger partial charge in [-0.3, -0.25) is 4.79 Å². The normalized spacial score (nSPS) is 42.2. The SMILES string of the molecule is CC[C@]1(C)CC(=O)[C@@](C)(CC)O1. The summed E-state index contributed by atoms with van der Waals surface area (Å²) in [6, 6.07) is 0. The molecule has 0 saturated carbocycles. The van der Waals surface area contributed by atoms with Crippen molar-refractivity contribution in [2.75, 3.05) is 0 Å². The molecular weight excluding hydrogens is 152 g/mol. The van der Waals surface area contributed by atoms with Gasteiger partial charge < -0.3 is 4.74 Å². The summed E-state index contributed by atoms with van der Waals surface area (Å²) in [5.41, 5.74) is -0.716. The van der Waals surface area contributed by atoms with Gasteiger partial charge in [0.15, 0.2) is 5.78 Å². The smallest absolute Gasteiger partial charge is 0.167 e. The van der Waals surface area contributed by atoms with Crippen LogP contribution in [0.4, 0.5) is 0 Å². The van der Waals surface area contributed by atoms with Crippen LogP contribution in [0.2, 0.25) is 0 Å². The van der Waals surface area contributed by atoms with Gasteiger partial charge in [0.05, 0.1) is 5.60 Å². The largest absolute Gasteiger partial charge is 0.361 e. The number of carbonyl (C=O) groups excluding carboxylic acids is 1. The Hall–Kier alpha value is -0.370. The average Bonchev–Trinajstić information content (AvgIpc) is 2.25. The summed E-state index contributed by atoms with van der Waals surface area (Å²) < 4.78 is 5.80. The van der Waals surface area contributed by atoms with E-state index in [1.165, 1.54) is 0 Å². The zero-order valence-corrected chi connectivity index (χ0v) is 8.44. The van der Waals surface area contributed by atoms with Gasteiger partial charge in [-0.1, -0.05) is 13.8 Å². The lowest BCUT2D eigenvalue weighted by Gasteiger charge is -2.26. The second kappa shape index (κ2) is 2.84. The third kappa shape index (κ3) is 1.40. The highest BCUT2D eigenvalue weighted by Crippen LogP contribution is 2.38. The van der Waals surface area contributed by atoms with Gasteiger partial charge in [0.2, 0.25) is 0 Å². The van der Waals surface area contributed by atoms with Gasteiger partial charge >= 0.3 is 0 Å². The zero-order chi connectivity index (χ0) is 9.41. The van der Waals surface area contributed by atoms with Gasteiger partial charge in [-0.2, -0.15) is 0 Å². The lowest BCUT2D eigenvalue weighted by atomic mass is 9.94. The standard InChI is InChI=1S/C10H18O2/c1-5-9(3)7-8(11)10(4,6-2)12-9/h5-7H2,1-4H3/t9-,10-/m1/s1. The lowest BCUT2D eigenvalue weighted by Crippen LogP contribution is -2.33.